The number of benzene rings is 1. The summed E-state index contributed by atoms with van der Waals surface area (Å²) in [7, 11) is 1.64. The fraction of sp³-hybridized carbons (Fsp3) is 0.385. The van der Waals surface area contributed by atoms with E-state index in [0.717, 1.165) is 6.42 Å². The second kappa shape index (κ2) is 5.68. The maximum atomic E-state index is 5.75. The topological polar surface area (TPSA) is 27.7 Å². The standard InChI is InChI=1S/C13H16O3/c1-14-13-9-12(7-8-15-13)16-10-11-5-3-2-4-6-11/h2-8,12-13H,9-10H2,1H3/t12-,13+/m0/s1. The molecule has 0 fully saturated rings. The molecule has 3 nitrogen and oxygen atoms in total. The van der Waals surface area contributed by atoms with E-state index in [1.54, 1.807) is 13.4 Å². The van der Waals surface area contributed by atoms with Crippen molar-refractivity contribution in [3.8, 4) is 0 Å². The van der Waals surface area contributed by atoms with E-state index >= 15 is 0 Å². The Bertz CT molecular complexity index is 334. The molecule has 0 aliphatic carbocycles. The zero-order valence-corrected chi connectivity index (χ0v) is 9.34. The highest BCUT2D eigenvalue weighted by Crippen LogP contribution is 2.16. The molecule has 3 heteroatoms. The normalized spacial score (nSPS) is 24.1. The Morgan fingerprint density at radius 2 is 2.12 bits per heavy atom. The number of hydrogen-bond donors (Lipinski definition) is 0. The van der Waals surface area contributed by atoms with E-state index in [1.807, 2.05) is 24.3 Å². The van der Waals surface area contributed by atoms with Gasteiger partial charge in [-0.1, -0.05) is 30.3 Å². The molecule has 2 atom stereocenters. The molecule has 16 heavy (non-hydrogen) atoms. The molecule has 0 unspecified atom stereocenters. The molecule has 0 aromatic heterocycles. The summed E-state index contributed by atoms with van der Waals surface area (Å²) in [6, 6.07) is 10.1. The monoisotopic (exact) mass is 220 g/mol. The average molecular weight is 220 g/mol. The van der Waals surface area contributed by atoms with Gasteiger partial charge in [0.15, 0.2) is 0 Å². The van der Waals surface area contributed by atoms with Crippen LogP contribution in [0.2, 0.25) is 0 Å². The first-order chi connectivity index (χ1) is 7.88. The fourth-order valence-corrected chi connectivity index (χ4v) is 1.60. The van der Waals surface area contributed by atoms with Crippen molar-refractivity contribution in [3.05, 3.63) is 48.2 Å². The molecule has 0 saturated carbocycles. The predicted octanol–water partition coefficient (Wildman–Crippen LogP) is 2.48. The van der Waals surface area contributed by atoms with Crippen LogP contribution in [0.15, 0.2) is 42.7 Å². The Kier molecular flexibility index (Phi) is 3.97. The highest BCUT2D eigenvalue weighted by molar-refractivity contribution is 5.13. The Labute approximate surface area is 95.6 Å². The van der Waals surface area contributed by atoms with E-state index in [4.69, 9.17) is 14.2 Å². The van der Waals surface area contributed by atoms with Gasteiger partial charge in [-0.2, -0.15) is 0 Å². The second-order valence-electron chi connectivity index (χ2n) is 3.70. The van der Waals surface area contributed by atoms with Crippen LogP contribution >= 0.6 is 0 Å². The zero-order valence-electron chi connectivity index (χ0n) is 9.34. The van der Waals surface area contributed by atoms with Crippen LogP contribution in [0.5, 0.6) is 0 Å². The number of methoxy groups -OCH3 is 1. The number of ether oxygens (including phenoxy) is 3. The lowest BCUT2D eigenvalue weighted by molar-refractivity contribution is -0.120. The maximum absolute atomic E-state index is 5.75. The smallest absolute Gasteiger partial charge is 0.201 e. The van der Waals surface area contributed by atoms with Gasteiger partial charge in [0.2, 0.25) is 6.29 Å². The van der Waals surface area contributed by atoms with Crippen LogP contribution in [-0.2, 0) is 20.8 Å². The molecule has 1 aliphatic rings. The first-order valence-electron chi connectivity index (χ1n) is 5.39. The maximum Gasteiger partial charge on any atom is 0.201 e. The van der Waals surface area contributed by atoms with Crippen LogP contribution in [0.25, 0.3) is 0 Å². The van der Waals surface area contributed by atoms with Crippen LogP contribution in [0.4, 0.5) is 0 Å². The third kappa shape index (κ3) is 3.08. The molecule has 0 saturated heterocycles. The van der Waals surface area contributed by atoms with E-state index in [9.17, 15) is 0 Å². The van der Waals surface area contributed by atoms with Crippen molar-refractivity contribution in [3.63, 3.8) is 0 Å². The van der Waals surface area contributed by atoms with E-state index in [-0.39, 0.29) is 12.4 Å². The molecule has 86 valence electrons. The van der Waals surface area contributed by atoms with Gasteiger partial charge >= 0.3 is 0 Å². The van der Waals surface area contributed by atoms with E-state index in [1.165, 1.54) is 5.56 Å². The fourth-order valence-electron chi connectivity index (χ4n) is 1.60. The summed E-state index contributed by atoms with van der Waals surface area (Å²) in [6.07, 6.45) is 4.18. The Morgan fingerprint density at radius 3 is 2.88 bits per heavy atom. The Hall–Kier alpha value is -1.32. The lowest BCUT2D eigenvalue weighted by Gasteiger charge is -2.24. The number of rotatable bonds is 4. The van der Waals surface area contributed by atoms with Crippen molar-refractivity contribution in [1.29, 1.82) is 0 Å². The molecule has 1 aromatic carbocycles. The molecule has 0 N–H and O–H groups in total. The van der Waals surface area contributed by atoms with Gasteiger partial charge < -0.3 is 14.2 Å². The van der Waals surface area contributed by atoms with Gasteiger partial charge in [0.1, 0.15) is 0 Å². The van der Waals surface area contributed by atoms with Gasteiger partial charge in [-0.05, 0) is 11.6 Å². The van der Waals surface area contributed by atoms with Crippen LogP contribution in [0.1, 0.15) is 12.0 Å². The van der Waals surface area contributed by atoms with Crippen molar-refractivity contribution >= 4 is 0 Å². The highest BCUT2D eigenvalue weighted by atomic mass is 16.7. The minimum atomic E-state index is -0.189. The van der Waals surface area contributed by atoms with Crippen molar-refractivity contribution < 1.29 is 14.2 Å². The second-order valence-corrected chi connectivity index (χ2v) is 3.70. The first-order valence-corrected chi connectivity index (χ1v) is 5.39. The minimum Gasteiger partial charge on any atom is -0.473 e. The van der Waals surface area contributed by atoms with E-state index < -0.39 is 0 Å². The van der Waals surface area contributed by atoms with Gasteiger partial charge in [-0.3, -0.25) is 0 Å². The predicted molar refractivity (Wildman–Crippen MR) is 60.7 cm³/mol. The molecule has 0 radical (unpaired) electrons. The highest BCUT2D eigenvalue weighted by Gasteiger charge is 2.18. The minimum absolute atomic E-state index is 0.0684. The largest absolute Gasteiger partial charge is 0.473 e. The van der Waals surface area contributed by atoms with Gasteiger partial charge in [0, 0.05) is 13.5 Å². The summed E-state index contributed by atoms with van der Waals surface area (Å²) in [6.45, 7) is 0.617. The third-order valence-corrected chi connectivity index (χ3v) is 2.52. The first kappa shape index (κ1) is 11.2. The van der Waals surface area contributed by atoms with Crippen molar-refractivity contribution in [2.45, 2.75) is 25.4 Å². The van der Waals surface area contributed by atoms with Gasteiger partial charge in [-0.15, -0.1) is 0 Å². The molecule has 0 amide bonds. The molecule has 0 spiro atoms. The molecule has 1 aliphatic heterocycles. The summed E-state index contributed by atoms with van der Waals surface area (Å²) in [4.78, 5) is 0. The number of hydrogen-bond acceptors (Lipinski definition) is 3. The van der Waals surface area contributed by atoms with E-state index in [2.05, 4.69) is 12.1 Å². The summed E-state index contributed by atoms with van der Waals surface area (Å²) >= 11 is 0. The van der Waals surface area contributed by atoms with Crippen molar-refractivity contribution in [2.24, 2.45) is 0 Å². The van der Waals surface area contributed by atoms with Crippen LogP contribution in [0, 0.1) is 0 Å². The van der Waals surface area contributed by atoms with Gasteiger partial charge in [0.25, 0.3) is 0 Å². The van der Waals surface area contributed by atoms with Crippen molar-refractivity contribution in [1.82, 2.24) is 0 Å². The zero-order chi connectivity index (χ0) is 11.2. The van der Waals surface area contributed by atoms with Crippen molar-refractivity contribution in [2.75, 3.05) is 7.11 Å². The molecule has 0 bridgehead atoms. The van der Waals surface area contributed by atoms with Crippen LogP contribution in [-0.4, -0.2) is 19.5 Å². The molecular weight excluding hydrogens is 204 g/mol. The summed E-state index contributed by atoms with van der Waals surface area (Å²) in [5, 5.41) is 0. The SMILES string of the molecule is CO[C@H]1C[C@@H](OCc2ccccc2)C=CO1. The lowest BCUT2D eigenvalue weighted by Crippen LogP contribution is -2.25. The third-order valence-electron chi connectivity index (χ3n) is 2.52. The van der Waals surface area contributed by atoms with Gasteiger partial charge in [-0.25, -0.2) is 0 Å². The quantitative estimate of drug-likeness (QED) is 0.780. The molecule has 2 rings (SSSR count). The van der Waals surface area contributed by atoms with E-state index in [0.29, 0.717) is 6.61 Å². The van der Waals surface area contributed by atoms with Gasteiger partial charge in [0.05, 0.1) is 19.0 Å². The van der Waals surface area contributed by atoms with Crippen LogP contribution < -0.4 is 0 Å². The summed E-state index contributed by atoms with van der Waals surface area (Å²) in [5.41, 5.74) is 1.18. The van der Waals surface area contributed by atoms with Crippen LogP contribution in [0.3, 0.4) is 0 Å². The Balaban J connectivity index is 1.82. The summed E-state index contributed by atoms with van der Waals surface area (Å²) < 4.78 is 16.1. The molecular formula is C13H16O3. The average Bonchev–Trinajstić information content (AvgIpc) is 2.38. The summed E-state index contributed by atoms with van der Waals surface area (Å²) in [5.74, 6) is 0. The molecule has 1 heterocycles. The molecule has 1 aromatic rings. The Morgan fingerprint density at radius 1 is 1.31 bits per heavy atom. The lowest BCUT2D eigenvalue weighted by atomic mass is 10.2.